The van der Waals surface area contributed by atoms with E-state index in [1.807, 2.05) is 25.7 Å². The molecule has 0 bridgehead atoms. The van der Waals surface area contributed by atoms with Crippen molar-refractivity contribution >= 4 is 5.91 Å². The van der Waals surface area contributed by atoms with Crippen molar-refractivity contribution in [1.29, 1.82) is 0 Å². The average molecular weight is 216 g/mol. The molecule has 0 fully saturated rings. The van der Waals surface area contributed by atoms with Gasteiger partial charge in [0.15, 0.2) is 0 Å². The van der Waals surface area contributed by atoms with Gasteiger partial charge in [0.2, 0.25) is 5.91 Å². The SMILES string of the molecule is CCCC(C(=O)NC)C(O)N(CC)CC. The van der Waals surface area contributed by atoms with Gasteiger partial charge < -0.3 is 10.4 Å². The van der Waals surface area contributed by atoms with Gasteiger partial charge >= 0.3 is 0 Å². The van der Waals surface area contributed by atoms with Crippen molar-refractivity contribution in [3.05, 3.63) is 0 Å². The van der Waals surface area contributed by atoms with Crippen LogP contribution in [0, 0.1) is 5.92 Å². The number of carbonyl (C=O) groups excluding carboxylic acids is 1. The van der Waals surface area contributed by atoms with Crippen LogP contribution in [0.4, 0.5) is 0 Å². The zero-order valence-corrected chi connectivity index (χ0v) is 10.3. The Morgan fingerprint density at radius 1 is 1.33 bits per heavy atom. The van der Waals surface area contributed by atoms with Gasteiger partial charge in [-0.15, -0.1) is 0 Å². The summed E-state index contributed by atoms with van der Waals surface area (Å²) < 4.78 is 0. The highest BCUT2D eigenvalue weighted by Gasteiger charge is 2.28. The maximum atomic E-state index is 11.6. The molecule has 0 spiro atoms. The summed E-state index contributed by atoms with van der Waals surface area (Å²) in [7, 11) is 1.61. The number of hydrogen-bond donors (Lipinski definition) is 2. The quantitative estimate of drug-likeness (QED) is 0.619. The number of aliphatic hydroxyl groups excluding tert-OH is 1. The molecule has 1 amide bonds. The fraction of sp³-hybridized carbons (Fsp3) is 0.909. The van der Waals surface area contributed by atoms with Gasteiger partial charge in [0.1, 0.15) is 6.23 Å². The number of rotatable bonds is 7. The highest BCUT2D eigenvalue weighted by atomic mass is 16.3. The molecule has 90 valence electrons. The van der Waals surface area contributed by atoms with Crippen LogP contribution in [-0.2, 0) is 4.79 Å². The molecule has 4 nitrogen and oxygen atoms in total. The summed E-state index contributed by atoms with van der Waals surface area (Å²) in [5, 5.41) is 12.7. The lowest BCUT2D eigenvalue weighted by Gasteiger charge is -2.30. The molecule has 0 aromatic heterocycles. The number of aliphatic hydroxyl groups is 1. The van der Waals surface area contributed by atoms with Crippen LogP contribution in [0.1, 0.15) is 33.6 Å². The second kappa shape index (κ2) is 7.65. The summed E-state index contributed by atoms with van der Waals surface area (Å²) in [5.74, 6) is -0.392. The van der Waals surface area contributed by atoms with Crippen LogP contribution in [-0.4, -0.2) is 42.3 Å². The zero-order valence-electron chi connectivity index (χ0n) is 10.3. The van der Waals surface area contributed by atoms with Crippen molar-refractivity contribution in [1.82, 2.24) is 10.2 Å². The first-order valence-corrected chi connectivity index (χ1v) is 5.75. The Kier molecular flexibility index (Phi) is 7.34. The van der Waals surface area contributed by atoms with Gasteiger partial charge in [-0.05, 0) is 19.5 Å². The Balaban J connectivity index is 4.51. The third-order valence-electron chi connectivity index (χ3n) is 2.73. The molecule has 2 unspecified atom stereocenters. The lowest BCUT2D eigenvalue weighted by atomic mass is 9.99. The molecule has 15 heavy (non-hydrogen) atoms. The molecule has 0 saturated heterocycles. The molecule has 0 heterocycles. The van der Waals surface area contributed by atoms with Crippen LogP contribution in [0.15, 0.2) is 0 Å². The predicted octanol–water partition coefficient (Wildman–Crippen LogP) is 0.809. The molecule has 0 radical (unpaired) electrons. The molecule has 0 aliphatic heterocycles. The minimum absolute atomic E-state index is 0.0729. The van der Waals surface area contributed by atoms with Gasteiger partial charge in [-0.2, -0.15) is 0 Å². The van der Waals surface area contributed by atoms with E-state index in [1.165, 1.54) is 0 Å². The summed E-state index contributed by atoms with van der Waals surface area (Å²) in [4.78, 5) is 13.5. The molecule has 0 aromatic carbocycles. The molecular formula is C11H24N2O2. The third kappa shape index (κ3) is 4.18. The minimum atomic E-state index is -0.667. The summed E-state index contributed by atoms with van der Waals surface area (Å²) >= 11 is 0. The summed E-state index contributed by atoms with van der Waals surface area (Å²) in [6, 6.07) is 0. The molecule has 0 aromatic rings. The van der Waals surface area contributed by atoms with E-state index in [0.29, 0.717) is 0 Å². The maximum Gasteiger partial charge on any atom is 0.226 e. The topological polar surface area (TPSA) is 52.6 Å². The van der Waals surface area contributed by atoms with Crippen molar-refractivity contribution in [2.45, 2.75) is 39.8 Å². The normalized spacial score (nSPS) is 15.1. The van der Waals surface area contributed by atoms with E-state index in [-0.39, 0.29) is 11.8 Å². The van der Waals surface area contributed by atoms with Crippen molar-refractivity contribution in [3.63, 3.8) is 0 Å². The average Bonchev–Trinajstić information content (AvgIpc) is 2.26. The molecule has 0 saturated carbocycles. The van der Waals surface area contributed by atoms with E-state index in [9.17, 15) is 9.90 Å². The van der Waals surface area contributed by atoms with Crippen LogP contribution in [0.5, 0.6) is 0 Å². The van der Waals surface area contributed by atoms with Crippen LogP contribution < -0.4 is 5.32 Å². The van der Waals surface area contributed by atoms with E-state index < -0.39 is 6.23 Å². The Bertz CT molecular complexity index is 181. The maximum absolute atomic E-state index is 11.6. The third-order valence-corrected chi connectivity index (χ3v) is 2.73. The predicted molar refractivity (Wildman–Crippen MR) is 61.4 cm³/mol. The molecule has 4 heteroatoms. The first kappa shape index (κ1) is 14.4. The zero-order chi connectivity index (χ0) is 11.8. The van der Waals surface area contributed by atoms with E-state index in [2.05, 4.69) is 5.32 Å². The Labute approximate surface area is 92.7 Å². The second-order valence-electron chi connectivity index (χ2n) is 3.64. The van der Waals surface area contributed by atoms with Crippen molar-refractivity contribution in [3.8, 4) is 0 Å². The fourth-order valence-electron chi connectivity index (χ4n) is 1.76. The van der Waals surface area contributed by atoms with Crippen molar-refractivity contribution < 1.29 is 9.90 Å². The lowest BCUT2D eigenvalue weighted by Crippen LogP contribution is -2.46. The van der Waals surface area contributed by atoms with Gasteiger partial charge in [0.05, 0.1) is 5.92 Å². The van der Waals surface area contributed by atoms with E-state index in [1.54, 1.807) is 7.05 Å². The fourth-order valence-corrected chi connectivity index (χ4v) is 1.76. The summed E-state index contributed by atoms with van der Waals surface area (Å²) in [5.41, 5.74) is 0. The largest absolute Gasteiger partial charge is 0.378 e. The van der Waals surface area contributed by atoms with Crippen molar-refractivity contribution in [2.75, 3.05) is 20.1 Å². The molecule has 2 N–H and O–H groups in total. The van der Waals surface area contributed by atoms with Crippen LogP contribution in [0.2, 0.25) is 0 Å². The number of carbonyl (C=O) groups is 1. The molecule has 0 aliphatic rings. The minimum Gasteiger partial charge on any atom is -0.378 e. The number of nitrogens with zero attached hydrogens (tertiary/aromatic N) is 1. The van der Waals surface area contributed by atoms with Crippen LogP contribution in [0.3, 0.4) is 0 Å². The first-order valence-electron chi connectivity index (χ1n) is 5.75. The first-order chi connectivity index (χ1) is 7.12. The Hall–Kier alpha value is -0.610. The molecular weight excluding hydrogens is 192 g/mol. The van der Waals surface area contributed by atoms with E-state index in [0.717, 1.165) is 25.9 Å². The van der Waals surface area contributed by atoms with Crippen LogP contribution >= 0.6 is 0 Å². The Morgan fingerprint density at radius 3 is 2.20 bits per heavy atom. The highest BCUT2D eigenvalue weighted by molar-refractivity contribution is 5.78. The second-order valence-corrected chi connectivity index (χ2v) is 3.64. The number of nitrogens with one attached hydrogen (secondary N) is 1. The lowest BCUT2D eigenvalue weighted by molar-refractivity contribution is -0.134. The number of amides is 1. The smallest absolute Gasteiger partial charge is 0.226 e. The summed E-state index contributed by atoms with van der Waals surface area (Å²) in [6.07, 6.45) is 0.952. The molecule has 2 atom stereocenters. The molecule has 0 rings (SSSR count). The Morgan fingerprint density at radius 2 is 1.87 bits per heavy atom. The van der Waals surface area contributed by atoms with Gasteiger partial charge in [0, 0.05) is 7.05 Å². The van der Waals surface area contributed by atoms with Crippen molar-refractivity contribution in [2.24, 2.45) is 5.92 Å². The van der Waals surface area contributed by atoms with E-state index >= 15 is 0 Å². The highest BCUT2D eigenvalue weighted by Crippen LogP contribution is 2.15. The summed E-state index contributed by atoms with van der Waals surface area (Å²) in [6.45, 7) is 7.51. The standard InChI is InChI=1S/C11H24N2O2/c1-5-8-9(10(14)12-4)11(15)13(6-2)7-3/h9,11,15H,5-8H2,1-4H3,(H,12,14). The van der Waals surface area contributed by atoms with Gasteiger partial charge in [-0.25, -0.2) is 0 Å². The number of hydrogen-bond acceptors (Lipinski definition) is 3. The van der Waals surface area contributed by atoms with Gasteiger partial charge in [-0.3, -0.25) is 9.69 Å². The molecule has 0 aliphatic carbocycles. The monoisotopic (exact) mass is 216 g/mol. The van der Waals surface area contributed by atoms with E-state index in [4.69, 9.17) is 0 Å². The van der Waals surface area contributed by atoms with Gasteiger partial charge in [-0.1, -0.05) is 27.2 Å². The van der Waals surface area contributed by atoms with Gasteiger partial charge in [0.25, 0.3) is 0 Å². The van der Waals surface area contributed by atoms with Crippen LogP contribution in [0.25, 0.3) is 0 Å².